The molecule has 5 heteroatoms. The summed E-state index contributed by atoms with van der Waals surface area (Å²) in [6.45, 7) is 1.97. The number of ether oxygens (including phenoxy) is 1. The monoisotopic (exact) mass is 233 g/mol. The van der Waals surface area contributed by atoms with Crippen molar-refractivity contribution < 1.29 is 9.53 Å². The van der Waals surface area contributed by atoms with Crippen LogP contribution < -0.4 is 15.8 Å². The van der Waals surface area contributed by atoms with E-state index in [1.807, 2.05) is 6.07 Å². The van der Waals surface area contributed by atoms with Crippen molar-refractivity contribution in [3.8, 4) is 11.8 Å². The standard InChI is InChI=1S/C12H15N3O2/c1-8(6-13)12(16)15-11-9(7-14)4-3-5-10(11)17-2/h3-5,8H,6,13H2,1-2H3,(H,15,16). The smallest absolute Gasteiger partial charge is 0.228 e. The molecule has 0 aliphatic carbocycles. The topological polar surface area (TPSA) is 88.1 Å². The third kappa shape index (κ3) is 2.95. The maximum Gasteiger partial charge on any atom is 0.228 e. The van der Waals surface area contributed by atoms with Crippen LogP contribution in [0.15, 0.2) is 18.2 Å². The van der Waals surface area contributed by atoms with Crippen LogP contribution in [0, 0.1) is 17.2 Å². The van der Waals surface area contributed by atoms with E-state index in [-0.39, 0.29) is 18.4 Å². The second-order valence-electron chi connectivity index (χ2n) is 3.62. The quantitative estimate of drug-likeness (QED) is 0.815. The summed E-state index contributed by atoms with van der Waals surface area (Å²) >= 11 is 0. The number of benzene rings is 1. The van der Waals surface area contributed by atoms with Crippen molar-refractivity contribution in [3.63, 3.8) is 0 Å². The third-order valence-corrected chi connectivity index (χ3v) is 2.42. The molecule has 1 aromatic rings. The van der Waals surface area contributed by atoms with Gasteiger partial charge in [-0.25, -0.2) is 0 Å². The zero-order chi connectivity index (χ0) is 12.8. The van der Waals surface area contributed by atoms with Gasteiger partial charge >= 0.3 is 0 Å². The maximum absolute atomic E-state index is 11.7. The SMILES string of the molecule is COc1cccc(C#N)c1NC(=O)C(C)CN. The fourth-order valence-electron chi connectivity index (χ4n) is 1.28. The van der Waals surface area contributed by atoms with Crippen LogP contribution in [0.2, 0.25) is 0 Å². The van der Waals surface area contributed by atoms with E-state index in [4.69, 9.17) is 15.7 Å². The number of carbonyl (C=O) groups excluding carboxylic acids is 1. The van der Waals surface area contributed by atoms with Crippen LogP contribution in [-0.2, 0) is 4.79 Å². The normalized spacial score (nSPS) is 11.4. The Morgan fingerprint density at radius 1 is 1.65 bits per heavy atom. The second-order valence-corrected chi connectivity index (χ2v) is 3.62. The molecule has 17 heavy (non-hydrogen) atoms. The van der Waals surface area contributed by atoms with Crippen molar-refractivity contribution in [2.75, 3.05) is 19.0 Å². The van der Waals surface area contributed by atoms with E-state index < -0.39 is 0 Å². The van der Waals surface area contributed by atoms with Gasteiger partial charge in [0.15, 0.2) is 0 Å². The zero-order valence-electron chi connectivity index (χ0n) is 9.86. The lowest BCUT2D eigenvalue weighted by molar-refractivity contribution is -0.119. The highest BCUT2D eigenvalue weighted by Gasteiger charge is 2.16. The summed E-state index contributed by atoms with van der Waals surface area (Å²) in [5.41, 5.74) is 6.16. The lowest BCUT2D eigenvalue weighted by atomic mass is 10.1. The predicted molar refractivity (Wildman–Crippen MR) is 64.6 cm³/mol. The number of carbonyl (C=O) groups is 1. The molecule has 0 aliphatic rings. The molecule has 0 fully saturated rings. The number of nitrogens with two attached hydrogens (primary N) is 1. The van der Waals surface area contributed by atoms with Gasteiger partial charge in [0.25, 0.3) is 0 Å². The van der Waals surface area contributed by atoms with E-state index in [1.165, 1.54) is 7.11 Å². The number of para-hydroxylation sites is 1. The predicted octanol–water partition coefficient (Wildman–Crippen LogP) is 1.10. The van der Waals surface area contributed by atoms with Gasteiger partial charge in [0.1, 0.15) is 17.5 Å². The number of nitrogens with one attached hydrogen (secondary N) is 1. The molecule has 0 saturated heterocycles. The molecule has 3 N–H and O–H groups in total. The first kappa shape index (κ1) is 13.0. The van der Waals surface area contributed by atoms with E-state index >= 15 is 0 Å². The fourth-order valence-corrected chi connectivity index (χ4v) is 1.28. The lowest BCUT2D eigenvalue weighted by Gasteiger charge is -2.14. The summed E-state index contributed by atoms with van der Waals surface area (Å²) in [5.74, 6) is -0.0819. The molecule has 0 bridgehead atoms. The van der Waals surface area contributed by atoms with Gasteiger partial charge in [-0.05, 0) is 12.1 Å². The van der Waals surface area contributed by atoms with Gasteiger partial charge in [-0.3, -0.25) is 4.79 Å². The highest BCUT2D eigenvalue weighted by molar-refractivity contribution is 5.95. The lowest BCUT2D eigenvalue weighted by Crippen LogP contribution is -2.27. The Morgan fingerprint density at radius 2 is 2.35 bits per heavy atom. The molecule has 1 aromatic carbocycles. The van der Waals surface area contributed by atoms with Crippen molar-refractivity contribution in [2.24, 2.45) is 11.7 Å². The number of nitrogens with zero attached hydrogens (tertiary/aromatic N) is 1. The van der Waals surface area contributed by atoms with Gasteiger partial charge < -0.3 is 15.8 Å². The van der Waals surface area contributed by atoms with Crippen LogP contribution in [0.3, 0.4) is 0 Å². The Kier molecular flexibility index (Phi) is 4.49. The van der Waals surface area contributed by atoms with Crippen LogP contribution in [0.1, 0.15) is 12.5 Å². The second kappa shape index (κ2) is 5.87. The Labute approximate surface area is 100 Å². The van der Waals surface area contributed by atoms with E-state index in [0.717, 1.165) is 0 Å². The van der Waals surface area contributed by atoms with E-state index in [1.54, 1.807) is 25.1 Å². The summed E-state index contributed by atoms with van der Waals surface area (Å²) in [4.78, 5) is 11.7. The first-order valence-electron chi connectivity index (χ1n) is 5.22. The molecule has 5 nitrogen and oxygen atoms in total. The summed E-state index contributed by atoms with van der Waals surface area (Å²) in [6, 6.07) is 7.00. The van der Waals surface area contributed by atoms with Crippen LogP contribution in [-0.4, -0.2) is 19.6 Å². The summed E-state index contributed by atoms with van der Waals surface area (Å²) in [7, 11) is 1.48. The average molecular weight is 233 g/mol. The molecule has 0 heterocycles. The molecule has 1 atom stereocenters. The number of amides is 1. The van der Waals surface area contributed by atoms with Gasteiger partial charge in [-0.15, -0.1) is 0 Å². The van der Waals surface area contributed by atoms with Crippen molar-refractivity contribution in [3.05, 3.63) is 23.8 Å². The number of nitriles is 1. The van der Waals surface area contributed by atoms with Crippen molar-refractivity contribution in [1.82, 2.24) is 0 Å². The molecular formula is C12H15N3O2. The van der Waals surface area contributed by atoms with Crippen LogP contribution >= 0.6 is 0 Å². The number of anilines is 1. The molecular weight excluding hydrogens is 218 g/mol. The van der Waals surface area contributed by atoms with Gasteiger partial charge in [-0.2, -0.15) is 5.26 Å². The van der Waals surface area contributed by atoms with Crippen LogP contribution in [0.4, 0.5) is 5.69 Å². The Bertz CT molecular complexity index is 452. The van der Waals surface area contributed by atoms with Crippen LogP contribution in [0.25, 0.3) is 0 Å². The third-order valence-electron chi connectivity index (χ3n) is 2.42. The number of methoxy groups -OCH3 is 1. The summed E-state index contributed by atoms with van der Waals surface area (Å²) in [5, 5.41) is 11.6. The van der Waals surface area contributed by atoms with Gasteiger partial charge in [0.2, 0.25) is 5.91 Å². The molecule has 90 valence electrons. The van der Waals surface area contributed by atoms with E-state index in [2.05, 4.69) is 5.32 Å². The van der Waals surface area contributed by atoms with Crippen LogP contribution in [0.5, 0.6) is 5.75 Å². The maximum atomic E-state index is 11.7. The number of hydrogen-bond acceptors (Lipinski definition) is 4. The minimum absolute atomic E-state index is 0.228. The Hall–Kier alpha value is -2.06. The molecule has 1 unspecified atom stereocenters. The van der Waals surface area contributed by atoms with Gasteiger partial charge in [-0.1, -0.05) is 13.0 Å². The van der Waals surface area contributed by atoms with Crippen molar-refractivity contribution in [1.29, 1.82) is 5.26 Å². The molecule has 0 radical (unpaired) electrons. The molecule has 1 rings (SSSR count). The Morgan fingerprint density at radius 3 is 2.88 bits per heavy atom. The largest absolute Gasteiger partial charge is 0.495 e. The molecule has 0 aromatic heterocycles. The highest BCUT2D eigenvalue weighted by atomic mass is 16.5. The number of hydrogen-bond donors (Lipinski definition) is 2. The minimum atomic E-state index is -0.313. The summed E-state index contributed by atoms with van der Waals surface area (Å²) in [6.07, 6.45) is 0. The minimum Gasteiger partial charge on any atom is -0.495 e. The van der Waals surface area contributed by atoms with Crippen molar-refractivity contribution in [2.45, 2.75) is 6.92 Å². The van der Waals surface area contributed by atoms with E-state index in [0.29, 0.717) is 17.0 Å². The zero-order valence-corrected chi connectivity index (χ0v) is 9.86. The fraction of sp³-hybridized carbons (Fsp3) is 0.333. The molecule has 0 aliphatic heterocycles. The Balaban J connectivity index is 3.04. The highest BCUT2D eigenvalue weighted by Crippen LogP contribution is 2.28. The molecule has 0 saturated carbocycles. The van der Waals surface area contributed by atoms with E-state index in [9.17, 15) is 4.79 Å². The molecule has 0 spiro atoms. The first-order chi connectivity index (χ1) is 8.13. The molecule has 1 amide bonds. The average Bonchev–Trinajstić information content (AvgIpc) is 2.37. The summed E-state index contributed by atoms with van der Waals surface area (Å²) < 4.78 is 5.11. The van der Waals surface area contributed by atoms with Gasteiger partial charge in [0.05, 0.1) is 12.7 Å². The number of rotatable bonds is 4. The van der Waals surface area contributed by atoms with Gasteiger partial charge in [0, 0.05) is 12.5 Å². The van der Waals surface area contributed by atoms with Crippen molar-refractivity contribution >= 4 is 11.6 Å². The first-order valence-corrected chi connectivity index (χ1v) is 5.22.